The molecule has 0 unspecified atom stereocenters. The van der Waals surface area contributed by atoms with Gasteiger partial charge in [0.05, 0.1) is 5.41 Å². The molecule has 1 aliphatic rings. The number of amides is 1. The Morgan fingerprint density at radius 1 is 1.32 bits per heavy atom. The second-order valence-electron chi connectivity index (χ2n) is 5.89. The highest BCUT2D eigenvalue weighted by atomic mass is 32.1. The van der Waals surface area contributed by atoms with Crippen LogP contribution in [0.25, 0.3) is 0 Å². The molecule has 0 bridgehead atoms. The molecule has 1 aliphatic carbocycles. The van der Waals surface area contributed by atoms with Gasteiger partial charge in [0.2, 0.25) is 5.91 Å². The van der Waals surface area contributed by atoms with Crippen LogP contribution in [0.15, 0.2) is 47.8 Å². The van der Waals surface area contributed by atoms with Crippen LogP contribution in [0.4, 0.5) is 0 Å². The molecule has 1 amide bonds. The minimum Gasteiger partial charge on any atom is -0.338 e. The molecule has 116 valence electrons. The second kappa shape index (κ2) is 6.23. The lowest BCUT2D eigenvalue weighted by Crippen LogP contribution is -2.40. The van der Waals surface area contributed by atoms with Gasteiger partial charge in [0.15, 0.2) is 0 Å². The molecule has 1 aromatic heterocycles. The summed E-state index contributed by atoms with van der Waals surface area (Å²) in [5.74, 6) is 0.514. The number of nitrogens with zero attached hydrogens (tertiary/aromatic N) is 1. The minimum atomic E-state index is -0.367. The van der Waals surface area contributed by atoms with Crippen molar-refractivity contribution in [3.05, 3.63) is 58.3 Å². The van der Waals surface area contributed by atoms with Gasteiger partial charge in [-0.2, -0.15) is 0 Å². The summed E-state index contributed by atoms with van der Waals surface area (Å²) in [5, 5.41) is 2.05. The van der Waals surface area contributed by atoms with E-state index in [1.54, 1.807) is 11.3 Å². The number of likely N-dealkylation sites (N-methyl/N-ethyl adjacent to an activating group) is 1. The summed E-state index contributed by atoms with van der Waals surface area (Å²) in [5.41, 5.74) is 6.68. The van der Waals surface area contributed by atoms with Crippen LogP contribution in [0.2, 0.25) is 0 Å². The molecule has 1 fully saturated rings. The summed E-state index contributed by atoms with van der Waals surface area (Å²) >= 11 is 1.67. The molecule has 22 heavy (non-hydrogen) atoms. The van der Waals surface area contributed by atoms with Crippen molar-refractivity contribution < 1.29 is 4.79 Å². The van der Waals surface area contributed by atoms with Crippen molar-refractivity contribution >= 4 is 17.2 Å². The van der Waals surface area contributed by atoms with Crippen LogP contribution in [0.5, 0.6) is 0 Å². The van der Waals surface area contributed by atoms with Crippen LogP contribution >= 0.6 is 11.3 Å². The van der Waals surface area contributed by atoms with E-state index in [1.807, 2.05) is 41.5 Å². The smallest absolute Gasteiger partial charge is 0.234 e. The van der Waals surface area contributed by atoms with Crippen LogP contribution in [0, 0.1) is 5.92 Å². The Labute approximate surface area is 135 Å². The Morgan fingerprint density at radius 2 is 2.09 bits per heavy atom. The van der Waals surface area contributed by atoms with Crippen molar-refractivity contribution in [2.45, 2.75) is 25.3 Å². The highest BCUT2D eigenvalue weighted by Crippen LogP contribution is 2.56. The molecule has 1 aromatic carbocycles. The first kappa shape index (κ1) is 15.3. The quantitative estimate of drug-likeness (QED) is 0.891. The summed E-state index contributed by atoms with van der Waals surface area (Å²) in [4.78, 5) is 16.3. The average molecular weight is 314 g/mol. The average Bonchev–Trinajstić information content (AvgIpc) is 3.05. The van der Waals surface area contributed by atoms with Gasteiger partial charge in [-0.15, -0.1) is 11.3 Å². The summed E-state index contributed by atoms with van der Waals surface area (Å²) < 4.78 is 0. The van der Waals surface area contributed by atoms with Crippen LogP contribution in [0.3, 0.4) is 0 Å². The largest absolute Gasteiger partial charge is 0.338 e. The third kappa shape index (κ3) is 2.57. The van der Waals surface area contributed by atoms with E-state index in [2.05, 4.69) is 18.2 Å². The highest BCUT2D eigenvalue weighted by Gasteiger charge is 2.61. The van der Waals surface area contributed by atoms with Gasteiger partial charge in [-0.05, 0) is 42.8 Å². The van der Waals surface area contributed by atoms with E-state index in [0.29, 0.717) is 13.1 Å². The standard InChI is InChI=1S/C18H22N2OS/c1-2-20(13-14-7-4-3-5-8-14)17(21)18(11-15(18)12-19)16-9-6-10-22-16/h3-10,15H,2,11-13,19H2,1H3/t15-,18-/m0/s1. The van der Waals surface area contributed by atoms with Gasteiger partial charge in [0.25, 0.3) is 0 Å². The normalized spacial score (nSPS) is 23.3. The van der Waals surface area contributed by atoms with E-state index in [1.165, 1.54) is 10.4 Å². The fourth-order valence-electron chi connectivity index (χ4n) is 3.23. The Morgan fingerprint density at radius 3 is 2.64 bits per heavy atom. The number of nitrogens with two attached hydrogens (primary N) is 1. The SMILES string of the molecule is CCN(Cc1ccccc1)C(=O)[C@@]1(c2cccs2)C[C@H]1CN. The molecule has 2 aromatic rings. The number of hydrogen-bond acceptors (Lipinski definition) is 3. The first-order valence-electron chi connectivity index (χ1n) is 7.79. The lowest BCUT2D eigenvalue weighted by molar-refractivity contribution is -0.134. The van der Waals surface area contributed by atoms with Crippen LogP contribution in [0.1, 0.15) is 23.8 Å². The van der Waals surface area contributed by atoms with E-state index >= 15 is 0 Å². The maximum atomic E-state index is 13.2. The zero-order valence-corrected chi connectivity index (χ0v) is 13.7. The zero-order chi connectivity index (χ0) is 15.6. The van der Waals surface area contributed by atoms with Gasteiger partial charge in [0.1, 0.15) is 0 Å². The summed E-state index contributed by atoms with van der Waals surface area (Å²) in [6.07, 6.45) is 0.883. The van der Waals surface area contributed by atoms with Crippen molar-refractivity contribution in [2.24, 2.45) is 11.7 Å². The van der Waals surface area contributed by atoms with E-state index in [0.717, 1.165) is 13.0 Å². The lowest BCUT2D eigenvalue weighted by atomic mass is 9.98. The first-order chi connectivity index (χ1) is 10.7. The molecule has 0 aliphatic heterocycles. The Bertz CT molecular complexity index is 626. The van der Waals surface area contributed by atoms with Gasteiger partial charge in [-0.3, -0.25) is 4.79 Å². The first-order valence-corrected chi connectivity index (χ1v) is 8.67. The van der Waals surface area contributed by atoms with Crippen LogP contribution in [-0.4, -0.2) is 23.9 Å². The van der Waals surface area contributed by atoms with Crippen molar-refractivity contribution in [3.63, 3.8) is 0 Å². The minimum absolute atomic E-state index is 0.233. The molecular formula is C18H22N2OS. The molecule has 1 heterocycles. The van der Waals surface area contributed by atoms with Crippen molar-refractivity contribution in [1.82, 2.24) is 4.90 Å². The Hall–Kier alpha value is -1.65. The predicted molar refractivity (Wildman–Crippen MR) is 90.7 cm³/mol. The predicted octanol–water partition coefficient (Wildman–Crippen LogP) is 3.01. The zero-order valence-electron chi connectivity index (χ0n) is 12.9. The molecule has 3 rings (SSSR count). The van der Waals surface area contributed by atoms with Gasteiger partial charge >= 0.3 is 0 Å². The number of benzene rings is 1. The van der Waals surface area contributed by atoms with Crippen molar-refractivity contribution in [2.75, 3.05) is 13.1 Å². The fourth-order valence-corrected chi connectivity index (χ4v) is 4.24. The Balaban J connectivity index is 1.84. The number of rotatable bonds is 6. The summed E-state index contributed by atoms with van der Waals surface area (Å²) in [7, 11) is 0. The molecule has 0 spiro atoms. The third-order valence-electron chi connectivity index (χ3n) is 4.62. The number of carbonyl (C=O) groups excluding carboxylic acids is 1. The van der Waals surface area contributed by atoms with Crippen molar-refractivity contribution in [1.29, 1.82) is 0 Å². The molecule has 0 radical (unpaired) electrons. The van der Waals surface area contributed by atoms with Crippen molar-refractivity contribution in [3.8, 4) is 0 Å². The second-order valence-corrected chi connectivity index (χ2v) is 6.84. The maximum Gasteiger partial charge on any atom is 0.234 e. The van der Waals surface area contributed by atoms with Gasteiger partial charge in [-0.25, -0.2) is 0 Å². The lowest BCUT2D eigenvalue weighted by Gasteiger charge is -2.27. The molecule has 4 heteroatoms. The highest BCUT2D eigenvalue weighted by molar-refractivity contribution is 7.10. The topological polar surface area (TPSA) is 46.3 Å². The van der Waals surface area contributed by atoms with E-state index in [-0.39, 0.29) is 17.2 Å². The fraction of sp³-hybridized carbons (Fsp3) is 0.389. The molecule has 1 saturated carbocycles. The van der Waals surface area contributed by atoms with Gasteiger partial charge < -0.3 is 10.6 Å². The van der Waals surface area contributed by atoms with Crippen LogP contribution < -0.4 is 5.73 Å². The van der Waals surface area contributed by atoms with E-state index < -0.39 is 0 Å². The monoisotopic (exact) mass is 314 g/mol. The van der Waals surface area contributed by atoms with Gasteiger partial charge in [0, 0.05) is 18.0 Å². The number of hydrogen-bond donors (Lipinski definition) is 1. The molecular weight excluding hydrogens is 292 g/mol. The Kier molecular flexibility index (Phi) is 4.32. The summed E-state index contributed by atoms with van der Waals surface area (Å²) in [6, 6.07) is 14.3. The molecule has 2 atom stereocenters. The van der Waals surface area contributed by atoms with E-state index in [4.69, 9.17) is 5.73 Å². The third-order valence-corrected chi connectivity index (χ3v) is 5.66. The maximum absolute atomic E-state index is 13.2. The van der Waals surface area contributed by atoms with Gasteiger partial charge in [-0.1, -0.05) is 36.4 Å². The molecule has 2 N–H and O–H groups in total. The number of carbonyl (C=O) groups is 1. The molecule has 0 saturated heterocycles. The summed E-state index contributed by atoms with van der Waals surface area (Å²) in [6.45, 7) is 4.01. The number of thiophene rings is 1. The molecule has 3 nitrogen and oxygen atoms in total. The van der Waals surface area contributed by atoms with Crippen LogP contribution in [-0.2, 0) is 16.8 Å². The van der Waals surface area contributed by atoms with E-state index in [9.17, 15) is 4.79 Å².